The lowest BCUT2D eigenvalue weighted by atomic mass is 9.82. The van der Waals surface area contributed by atoms with Crippen LogP contribution in [0.5, 0.6) is 0 Å². The largest absolute Gasteiger partial charge is 0.351 e. The minimum absolute atomic E-state index is 0.0427. The monoisotopic (exact) mass is 259 g/mol. The van der Waals surface area contributed by atoms with Crippen molar-refractivity contribution in [2.24, 2.45) is 0 Å². The van der Waals surface area contributed by atoms with Crippen molar-refractivity contribution < 1.29 is 4.79 Å². The Balaban J connectivity index is 2.13. The van der Waals surface area contributed by atoms with Crippen LogP contribution in [0.25, 0.3) is 0 Å². The standard InChI is InChI=1S/C17H25NO/c1-4-12-17(2,3)18-16(19)15-11-7-9-13-8-5-6-10-14(13)15/h5-6,8,10,15H,4,7,9,11-12H2,1-3H3,(H,18,19)/t15-/m0/s1. The van der Waals surface area contributed by atoms with E-state index in [2.05, 4.69) is 44.3 Å². The molecule has 0 aromatic heterocycles. The van der Waals surface area contributed by atoms with Crippen LogP contribution in [0.3, 0.4) is 0 Å². The van der Waals surface area contributed by atoms with Gasteiger partial charge in [0.05, 0.1) is 5.92 Å². The molecule has 0 radical (unpaired) electrons. The number of carbonyl (C=O) groups excluding carboxylic acids is 1. The van der Waals surface area contributed by atoms with Crippen LogP contribution < -0.4 is 5.32 Å². The van der Waals surface area contributed by atoms with Crippen molar-refractivity contribution in [2.45, 2.75) is 64.3 Å². The molecule has 104 valence electrons. The van der Waals surface area contributed by atoms with E-state index in [1.807, 2.05) is 6.07 Å². The second-order valence-corrected chi connectivity index (χ2v) is 6.27. The molecule has 2 heteroatoms. The molecule has 1 N–H and O–H groups in total. The van der Waals surface area contributed by atoms with E-state index < -0.39 is 0 Å². The third kappa shape index (κ3) is 3.37. The van der Waals surface area contributed by atoms with Gasteiger partial charge >= 0.3 is 0 Å². The maximum atomic E-state index is 12.5. The summed E-state index contributed by atoms with van der Waals surface area (Å²) in [6, 6.07) is 8.39. The highest BCUT2D eigenvalue weighted by Gasteiger charge is 2.29. The number of nitrogens with one attached hydrogen (secondary N) is 1. The van der Waals surface area contributed by atoms with Crippen molar-refractivity contribution in [2.75, 3.05) is 0 Å². The van der Waals surface area contributed by atoms with Crippen molar-refractivity contribution in [3.63, 3.8) is 0 Å². The Morgan fingerprint density at radius 1 is 1.37 bits per heavy atom. The van der Waals surface area contributed by atoms with Gasteiger partial charge in [-0.05, 0) is 50.7 Å². The molecule has 1 atom stereocenters. The number of hydrogen-bond acceptors (Lipinski definition) is 1. The normalized spacial score (nSPS) is 18.8. The van der Waals surface area contributed by atoms with E-state index in [1.54, 1.807) is 0 Å². The van der Waals surface area contributed by atoms with Gasteiger partial charge in [-0.3, -0.25) is 4.79 Å². The molecule has 0 fully saturated rings. The number of rotatable bonds is 4. The van der Waals surface area contributed by atoms with Gasteiger partial charge in [-0.15, -0.1) is 0 Å². The molecule has 2 nitrogen and oxygen atoms in total. The first-order valence-corrected chi connectivity index (χ1v) is 7.43. The Morgan fingerprint density at radius 3 is 2.84 bits per heavy atom. The zero-order valence-electron chi connectivity index (χ0n) is 12.3. The van der Waals surface area contributed by atoms with Crippen molar-refractivity contribution in [1.82, 2.24) is 5.32 Å². The quantitative estimate of drug-likeness (QED) is 0.875. The van der Waals surface area contributed by atoms with E-state index in [0.29, 0.717) is 0 Å². The summed E-state index contributed by atoms with van der Waals surface area (Å²) in [5, 5.41) is 3.23. The van der Waals surface area contributed by atoms with E-state index in [4.69, 9.17) is 0 Å². The van der Waals surface area contributed by atoms with Crippen LogP contribution in [0.1, 0.15) is 63.5 Å². The van der Waals surface area contributed by atoms with Crippen LogP contribution in [-0.2, 0) is 11.2 Å². The number of hydrogen-bond donors (Lipinski definition) is 1. The summed E-state index contributed by atoms with van der Waals surface area (Å²) < 4.78 is 0. The maximum absolute atomic E-state index is 12.5. The van der Waals surface area contributed by atoms with Crippen LogP contribution in [0.15, 0.2) is 24.3 Å². The molecule has 19 heavy (non-hydrogen) atoms. The average molecular weight is 259 g/mol. The first-order valence-electron chi connectivity index (χ1n) is 7.43. The van der Waals surface area contributed by atoms with E-state index in [0.717, 1.165) is 32.1 Å². The minimum Gasteiger partial charge on any atom is -0.351 e. The summed E-state index contributed by atoms with van der Waals surface area (Å²) in [5.41, 5.74) is 2.49. The summed E-state index contributed by atoms with van der Waals surface area (Å²) in [6.07, 6.45) is 5.31. The van der Waals surface area contributed by atoms with E-state index in [-0.39, 0.29) is 17.4 Å². The molecule has 0 saturated heterocycles. The summed E-state index contributed by atoms with van der Waals surface area (Å²) in [5.74, 6) is 0.242. The first kappa shape index (κ1) is 14.1. The molecule has 1 aromatic rings. The van der Waals surface area contributed by atoms with Gasteiger partial charge in [-0.25, -0.2) is 0 Å². The van der Waals surface area contributed by atoms with Crippen LogP contribution in [0, 0.1) is 0 Å². The molecule has 1 aliphatic rings. The molecule has 0 heterocycles. The van der Waals surface area contributed by atoms with Gasteiger partial charge in [-0.2, -0.15) is 0 Å². The highest BCUT2D eigenvalue weighted by molar-refractivity contribution is 5.84. The molecule has 2 rings (SSSR count). The van der Waals surface area contributed by atoms with Crippen LogP contribution in [-0.4, -0.2) is 11.4 Å². The minimum atomic E-state index is -0.0990. The fraction of sp³-hybridized carbons (Fsp3) is 0.588. The SMILES string of the molecule is CCCC(C)(C)NC(=O)[C@H]1CCCc2ccccc21. The molecular formula is C17H25NO. The lowest BCUT2D eigenvalue weighted by Crippen LogP contribution is -2.45. The summed E-state index contributed by atoms with van der Waals surface area (Å²) >= 11 is 0. The van der Waals surface area contributed by atoms with Gasteiger partial charge in [0, 0.05) is 5.54 Å². The molecule has 0 bridgehead atoms. The zero-order chi connectivity index (χ0) is 13.9. The van der Waals surface area contributed by atoms with E-state index in [9.17, 15) is 4.79 Å². The third-order valence-corrected chi connectivity index (χ3v) is 4.02. The highest BCUT2D eigenvalue weighted by atomic mass is 16.2. The van der Waals surface area contributed by atoms with Crippen LogP contribution in [0.4, 0.5) is 0 Å². The molecule has 1 amide bonds. The lowest BCUT2D eigenvalue weighted by Gasteiger charge is -2.31. The molecule has 0 spiro atoms. The van der Waals surface area contributed by atoms with Crippen LogP contribution >= 0.6 is 0 Å². The van der Waals surface area contributed by atoms with Crippen LogP contribution in [0.2, 0.25) is 0 Å². The van der Waals surface area contributed by atoms with Gasteiger partial charge < -0.3 is 5.32 Å². The maximum Gasteiger partial charge on any atom is 0.227 e. The predicted molar refractivity (Wildman–Crippen MR) is 79.3 cm³/mol. The number of aryl methyl sites for hydroxylation is 1. The molecular weight excluding hydrogens is 234 g/mol. The highest BCUT2D eigenvalue weighted by Crippen LogP contribution is 2.32. The summed E-state index contributed by atoms with van der Waals surface area (Å²) in [6.45, 7) is 6.38. The third-order valence-electron chi connectivity index (χ3n) is 4.02. The first-order chi connectivity index (χ1) is 9.03. The lowest BCUT2D eigenvalue weighted by molar-refractivity contribution is -0.124. The second kappa shape index (κ2) is 5.77. The number of fused-ring (bicyclic) bond motifs is 1. The number of carbonyl (C=O) groups is 1. The summed E-state index contributed by atoms with van der Waals surface area (Å²) in [7, 11) is 0. The average Bonchev–Trinajstić information content (AvgIpc) is 2.37. The Morgan fingerprint density at radius 2 is 2.11 bits per heavy atom. The Hall–Kier alpha value is -1.31. The van der Waals surface area contributed by atoms with Gasteiger partial charge in [0.25, 0.3) is 0 Å². The fourth-order valence-corrected chi connectivity index (χ4v) is 3.13. The Kier molecular flexibility index (Phi) is 4.28. The smallest absolute Gasteiger partial charge is 0.227 e. The van der Waals surface area contributed by atoms with E-state index in [1.165, 1.54) is 11.1 Å². The van der Waals surface area contributed by atoms with Crippen molar-refractivity contribution >= 4 is 5.91 Å². The topological polar surface area (TPSA) is 29.1 Å². The van der Waals surface area contributed by atoms with Crippen molar-refractivity contribution in [3.8, 4) is 0 Å². The van der Waals surface area contributed by atoms with Crippen molar-refractivity contribution in [1.29, 1.82) is 0 Å². The zero-order valence-corrected chi connectivity index (χ0v) is 12.3. The van der Waals surface area contributed by atoms with E-state index >= 15 is 0 Å². The molecule has 0 unspecified atom stereocenters. The molecule has 0 aliphatic heterocycles. The predicted octanol–water partition coefficient (Wildman–Crippen LogP) is 3.80. The van der Waals surface area contributed by atoms with Gasteiger partial charge in [0.2, 0.25) is 5.91 Å². The van der Waals surface area contributed by atoms with Gasteiger partial charge in [0.1, 0.15) is 0 Å². The van der Waals surface area contributed by atoms with Crippen molar-refractivity contribution in [3.05, 3.63) is 35.4 Å². The molecule has 1 aromatic carbocycles. The molecule has 1 aliphatic carbocycles. The molecule has 0 saturated carbocycles. The summed E-state index contributed by atoms with van der Waals surface area (Å²) in [4.78, 5) is 12.5. The second-order valence-electron chi connectivity index (χ2n) is 6.27. The van der Waals surface area contributed by atoms with Gasteiger partial charge in [0.15, 0.2) is 0 Å². The Bertz CT molecular complexity index is 450. The Labute approximate surface area is 116 Å². The van der Waals surface area contributed by atoms with Gasteiger partial charge in [-0.1, -0.05) is 37.6 Å². The fourth-order valence-electron chi connectivity index (χ4n) is 3.13. The number of amides is 1. The number of benzene rings is 1.